The van der Waals surface area contributed by atoms with E-state index >= 15 is 0 Å². The van der Waals surface area contributed by atoms with Gasteiger partial charge in [-0.25, -0.2) is 4.79 Å². The van der Waals surface area contributed by atoms with E-state index in [9.17, 15) is 15.2 Å². The maximum absolute atomic E-state index is 11.1. The molecule has 0 aromatic heterocycles. The Kier molecular flexibility index (Phi) is 7.08. The number of carboxylic acids is 1. The van der Waals surface area contributed by atoms with Gasteiger partial charge in [0.25, 0.3) is 0 Å². The number of aryl methyl sites for hydroxylation is 1. The molecule has 4 heteroatoms. The highest BCUT2D eigenvalue weighted by Gasteiger charge is 2.11. The molecule has 0 radical (unpaired) electrons. The minimum Gasteiger partial charge on any atom is -0.507 e. The molecule has 0 bridgehead atoms. The van der Waals surface area contributed by atoms with Gasteiger partial charge in [-0.2, -0.15) is 5.26 Å². The number of carboxylic acid groups (broad SMARTS) is 1. The van der Waals surface area contributed by atoms with Crippen molar-refractivity contribution in [1.29, 1.82) is 5.26 Å². The molecule has 122 valence electrons. The molecule has 2 N–H and O–H groups in total. The molecule has 0 amide bonds. The number of rotatable bonds is 7. The van der Waals surface area contributed by atoms with Gasteiger partial charge in [0.1, 0.15) is 5.76 Å². The predicted molar refractivity (Wildman–Crippen MR) is 90.1 cm³/mol. The molecule has 0 saturated heterocycles. The molecule has 0 unspecified atom stereocenters. The number of nitrogens with zero attached hydrogens (tertiary/aromatic N) is 1. The number of hydrogen-bond donors (Lipinski definition) is 2. The molecular weight excluding hydrogens is 290 g/mol. The number of allylic oxidation sites excluding steroid dienone is 2. The van der Waals surface area contributed by atoms with Crippen molar-refractivity contribution in [3.8, 4) is 6.07 Å². The third-order valence-electron chi connectivity index (χ3n) is 3.61. The average Bonchev–Trinajstić information content (AvgIpc) is 2.52. The Morgan fingerprint density at radius 1 is 1.35 bits per heavy atom. The van der Waals surface area contributed by atoms with E-state index in [0.717, 1.165) is 24.0 Å². The van der Waals surface area contributed by atoms with Gasteiger partial charge in [0, 0.05) is 0 Å². The van der Waals surface area contributed by atoms with Crippen LogP contribution in [0, 0.1) is 17.2 Å². The van der Waals surface area contributed by atoms with Crippen LogP contribution in [0.25, 0.3) is 0 Å². The molecule has 0 atom stereocenters. The summed E-state index contributed by atoms with van der Waals surface area (Å²) in [4.78, 5) is 11.1. The number of aliphatic carboxylic acids is 1. The first-order valence-corrected chi connectivity index (χ1v) is 7.70. The third-order valence-corrected chi connectivity index (χ3v) is 3.61. The van der Waals surface area contributed by atoms with Crippen molar-refractivity contribution >= 4 is 5.97 Å². The molecule has 23 heavy (non-hydrogen) atoms. The van der Waals surface area contributed by atoms with Crippen LogP contribution in [0.2, 0.25) is 0 Å². The normalized spacial score (nSPS) is 12.3. The second kappa shape index (κ2) is 8.79. The summed E-state index contributed by atoms with van der Waals surface area (Å²) in [5.74, 6) is -0.854. The van der Waals surface area contributed by atoms with Crippen molar-refractivity contribution in [3.63, 3.8) is 0 Å². The molecular formula is C19H23NO3. The summed E-state index contributed by atoms with van der Waals surface area (Å²) >= 11 is 0. The Morgan fingerprint density at radius 2 is 2.04 bits per heavy atom. The Hall–Kier alpha value is -2.54. The zero-order chi connectivity index (χ0) is 17.4. The third kappa shape index (κ3) is 5.63. The van der Waals surface area contributed by atoms with Gasteiger partial charge in [-0.3, -0.25) is 0 Å². The van der Waals surface area contributed by atoms with Crippen LogP contribution in [0.15, 0.2) is 41.7 Å². The first kappa shape index (κ1) is 18.5. The quantitative estimate of drug-likeness (QED) is 0.450. The van der Waals surface area contributed by atoms with Crippen LogP contribution in [0.4, 0.5) is 0 Å². The second-order valence-corrected chi connectivity index (χ2v) is 5.84. The molecule has 0 aliphatic carbocycles. The molecule has 1 rings (SSSR count). The summed E-state index contributed by atoms with van der Waals surface area (Å²) in [5.41, 5.74) is 2.36. The number of benzene rings is 1. The maximum Gasteiger partial charge on any atom is 0.339 e. The van der Waals surface area contributed by atoms with Gasteiger partial charge in [0.2, 0.25) is 0 Å². The van der Waals surface area contributed by atoms with Crippen LogP contribution in [0.1, 0.15) is 43.9 Å². The number of carbonyl (C=O) groups is 1. The van der Waals surface area contributed by atoms with Crippen LogP contribution in [-0.2, 0) is 17.6 Å². The molecule has 0 aliphatic heterocycles. The fourth-order valence-electron chi connectivity index (χ4n) is 2.19. The van der Waals surface area contributed by atoms with E-state index in [1.165, 1.54) is 12.2 Å². The van der Waals surface area contributed by atoms with Crippen LogP contribution in [0.5, 0.6) is 0 Å². The van der Waals surface area contributed by atoms with Gasteiger partial charge in [0.05, 0.1) is 17.2 Å². The largest absolute Gasteiger partial charge is 0.507 e. The zero-order valence-corrected chi connectivity index (χ0v) is 13.8. The van der Waals surface area contributed by atoms with Crippen LogP contribution >= 0.6 is 0 Å². The highest BCUT2D eigenvalue weighted by atomic mass is 16.4. The molecule has 1 aromatic rings. The number of hydrogen-bond acceptors (Lipinski definition) is 3. The fourth-order valence-corrected chi connectivity index (χ4v) is 2.19. The van der Waals surface area contributed by atoms with Crippen molar-refractivity contribution in [1.82, 2.24) is 0 Å². The van der Waals surface area contributed by atoms with Crippen molar-refractivity contribution in [3.05, 3.63) is 58.4 Å². The molecule has 1 aromatic carbocycles. The van der Waals surface area contributed by atoms with Crippen LogP contribution in [-0.4, -0.2) is 16.2 Å². The van der Waals surface area contributed by atoms with E-state index in [2.05, 4.69) is 19.9 Å². The Labute approximate surface area is 137 Å². The monoisotopic (exact) mass is 313 g/mol. The topological polar surface area (TPSA) is 81.3 Å². The van der Waals surface area contributed by atoms with Crippen molar-refractivity contribution < 1.29 is 15.0 Å². The zero-order valence-electron chi connectivity index (χ0n) is 13.8. The van der Waals surface area contributed by atoms with Gasteiger partial charge in [0.15, 0.2) is 0 Å². The van der Waals surface area contributed by atoms with Gasteiger partial charge < -0.3 is 10.2 Å². The summed E-state index contributed by atoms with van der Waals surface area (Å²) in [6.45, 7) is 5.86. The van der Waals surface area contributed by atoms with E-state index in [0.29, 0.717) is 17.9 Å². The molecule has 0 saturated carbocycles. The minimum atomic E-state index is -1.17. The number of nitriles is 1. The lowest BCUT2D eigenvalue weighted by Crippen LogP contribution is -2.04. The first-order valence-electron chi connectivity index (χ1n) is 7.70. The fraction of sp³-hybridized carbons (Fsp3) is 0.368. The van der Waals surface area contributed by atoms with Crippen molar-refractivity contribution in [2.24, 2.45) is 5.92 Å². The highest BCUT2D eigenvalue weighted by molar-refractivity contribution is 5.90. The van der Waals surface area contributed by atoms with Gasteiger partial charge in [-0.05, 0) is 55.4 Å². The predicted octanol–water partition coefficient (Wildman–Crippen LogP) is 4.16. The number of aliphatic hydroxyl groups is 1. The second-order valence-electron chi connectivity index (χ2n) is 5.84. The molecule has 0 aliphatic rings. The van der Waals surface area contributed by atoms with Crippen LogP contribution in [0.3, 0.4) is 0 Å². The summed E-state index contributed by atoms with van der Waals surface area (Å²) in [5, 5.41) is 28.0. The van der Waals surface area contributed by atoms with E-state index in [1.54, 1.807) is 13.0 Å². The Morgan fingerprint density at radius 3 is 2.57 bits per heavy atom. The van der Waals surface area contributed by atoms with E-state index < -0.39 is 5.97 Å². The summed E-state index contributed by atoms with van der Waals surface area (Å²) < 4.78 is 0. The Bertz CT molecular complexity index is 664. The lowest BCUT2D eigenvalue weighted by Gasteiger charge is -2.08. The van der Waals surface area contributed by atoms with Crippen LogP contribution < -0.4 is 0 Å². The summed E-state index contributed by atoms with van der Waals surface area (Å²) in [6.07, 6.45) is 5.03. The SMILES string of the molecule is C/C=C(O)\C(=C/Cc1ccc(CCC(C)C)c(C#N)c1)C(=O)O. The standard InChI is InChI=1S/C19H23NO3/c1-4-18(21)17(19(22)23)10-7-14-6-9-15(8-5-13(2)3)16(11-14)12-20/h4,6,9-11,13,21H,5,7-8H2,1-3H3,(H,22,23)/b17-10+,18-4+. The highest BCUT2D eigenvalue weighted by Crippen LogP contribution is 2.17. The van der Waals surface area contributed by atoms with E-state index in [1.807, 2.05) is 12.1 Å². The summed E-state index contributed by atoms with van der Waals surface area (Å²) in [6, 6.07) is 7.83. The lowest BCUT2D eigenvalue weighted by molar-refractivity contribution is -0.132. The van der Waals surface area contributed by atoms with Crippen molar-refractivity contribution in [2.45, 2.75) is 40.0 Å². The van der Waals surface area contributed by atoms with E-state index in [4.69, 9.17) is 5.11 Å². The number of aliphatic hydroxyl groups excluding tert-OH is 1. The molecule has 4 nitrogen and oxygen atoms in total. The smallest absolute Gasteiger partial charge is 0.339 e. The van der Waals surface area contributed by atoms with Gasteiger partial charge in [-0.15, -0.1) is 0 Å². The average molecular weight is 313 g/mol. The molecule has 0 spiro atoms. The molecule has 0 heterocycles. The molecule has 0 fully saturated rings. The minimum absolute atomic E-state index is 0.130. The van der Waals surface area contributed by atoms with Crippen molar-refractivity contribution in [2.75, 3.05) is 0 Å². The lowest BCUT2D eigenvalue weighted by atomic mass is 9.96. The first-order chi connectivity index (χ1) is 10.9. The van der Waals surface area contributed by atoms with E-state index in [-0.39, 0.29) is 11.3 Å². The summed E-state index contributed by atoms with van der Waals surface area (Å²) in [7, 11) is 0. The van der Waals surface area contributed by atoms with Gasteiger partial charge >= 0.3 is 5.97 Å². The maximum atomic E-state index is 11.1. The van der Waals surface area contributed by atoms with Gasteiger partial charge in [-0.1, -0.05) is 32.1 Å². The Balaban J connectivity index is 2.98.